The Labute approximate surface area is 179 Å². The maximum Gasteiger partial charge on any atom is 0.347 e. The average molecular weight is 415 g/mol. The standard InChI is InChI=1S/C25H21NO5/c1-15-23(17(3)31-26-15)14-29-24-13-20-7-5-4-6-19(20)12-22(24)25(28)30-21-10-8-18(9-11-21)16(2)27/h4-13H,14H2,1-3H3. The van der Waals surface area contributed by atoms with Crippen molar-refractivity contribution in [2.45, 2.75) is 27.4 Å². The van der Waals surface area contributed by atoms with Crippen molar-refractivity contribution in [1.82, 2.24) is 5.16 Å². The number of Topliss-reactive ketones (excluding diaryl/α,β-unsaturated/α-hetero) is 1. The first-order chi connectivity index (χ1) is 14.9. The zero-order valence-corrected chi connectivity index (χ0v) is 17.5. The van der Waals surface area contributed by atoms with Crippen molar-refractivity contribution in [2.24, 2.45) is 0 Å². The van der Waals surface area contributed by atoms with Gasteiger partial charge in [-0.2, -0.15) is 0 Å². The fraction of sp³-hybridized carbons (Fsp3) is 0.160. The highest BCUT2D eigenvalue weighted by molar-refractivity contribution is 6.00. The van der Waals surface area contributed by atoms with E-state index in [2.05, 4.69) is 5.16 Å². The number of benzene rings is 3. The number of rotatable bonds is 6. The SMILES string of the molecule is CC(=O)c1ccc(OC(=O)c2cc3ccccc3cc2OCc2c(C)noc2C)cc1. The molecule has 4 aromatic rings. The second-order valence-electron chi connectivity index (χ2n) is 7.26. The molecule has 0 aliphatic rings. The largest absolute Gasteiger partial charge is 0.488 e. The van der Waals surface area contributed by atoms with Gasteiger partial charge in [0.15, 0.2) is 5.78 Å². The molecule has 0 saturated carbocycles. The van der Waals surface area contributed by atoms with E-state index >= 15 is 0 Å². The highest BCUT2D eigenvalue weighted by atomic mass is 16.5. The molecule has 0 fully saturated rings. The molecule has 6 nitrogen and oxygen atoms in total. The third kappa shape index (κ3) is 4.33. The topological polar surface area (TPSA) is 78.6 Å². The lowest BCUT2D eigenvalue weighted by atomic mass is 10.1. The lowest BCUT2D eigenvalue weighted by molar-refractivity contribution is 0.0730. The van der Waals surface area contributed by atoms with Crippen LogP contribution in [0.15, 0.2) is 65.2 Å². The summed E-state index contributed by atoms with van der Waals surface area (Å²) < 4.78 is 16.8. The summed E-state index contributed by atoms with van der Waals surface area (Å²) in [5.74, 6) is 0.828. The lowest BCUT2D eigenvalue weighted by Crippen LogP contribution is -2.11. The first-order valence-electron chi connectivity index (χ1n) is 9.83. The van der Waals surface area contributed by atoms with E-state index in [1.165, 1.54) is 6.92 Å². The quantitative estimate of drug-likeness (QED) is 0.237. The van der Waals surface area contributed by atoms with Crippen LogP contribution in [-0.4, -0.2) is 16.9 Å². The van der Waals surface area contributed by atoms with Crippen LogP contribution in [0.5, 0.6) is 11.5 Å². The molecule has 156 valence electrons. The molecule has 31 heavy (non-hydrogen) atoms. The van der Waals surface area contributed by atoms with Gasteiger partial charge in [0, 0.05) is 5.56 Å². The number of nitrogens with zero attached hydrogens (tertiary/aromatic N) is 1. The van der Waals surface area contributed by atoms with E-state index in [-0.39, 0.29) is 12.4 Å². The molecule has 1 heterocycles. The van der Waals surface area contributed by atoms with Crippen LogP contribution < -0.4 is 9.47 Å². The Bertz CT molecular complexity index is 1250. The minimum atomic E-state index is -0.546. The van der Waals surface area contributed by atoms with Gasteiger partial charge in [0.2, 0.25) is 0 Å². The van der Waals surface area contributed by atoms with Crippen LogP contribution in [0.4, 0.5) is 0 Å². The maximum atomic E-state index is 13.0. The van der Waals surface area contributed by atoms with Crippen molar-refractivity contribution in [1.29, 1.82) is 0 Å². The molecule has 0 atom stereocenters. The Balaban J connectivity index is 1.65. The monoisotopic (exact) mass is 415 g/mol. The summed E-state index contributed by atoms with van der Waals surface area (Å²) >= 11 is 0. The predicted molar refractivity (Wildman–Crippen MR) is 116 cm³/mol. The molecule has 0 radical (unpaired) electrons. The molecular weight excluding hydrogens is 394 g/mol. The molecule has 0 saturated heterocycles. The molecule has 0 aliphatic heterocycles. The molecule has 0 amide bonds. The van der Waals surface area contributed by atoms with Gasteiger partial charge in [-0.1, -0.05) is 29.4 Å². The molecule has 6 heteroatoms. The van der Waals surface area contributed by atoms with Crippen LogP contribution in [-0.2, 0) is 6.61 Å². The van der Waals surface area contributed by atoms with Crippen molar-refractivity contribution in [3.63, 3.8) is 0 Å². The van der Waals surface area contributed by atoms with Crippen molar-refractivity contribution in [2.75, 3.05) is 0 Å². The Kier molecular flexibility index (Phi) is 5.54. The van der Waals surface area contributed by atoms with E-state index in [1.54, 1.807) is 30.3 Å². The summed E-state index contributed by atoms with van der Waals surface area (Å²) in [4.78, 5) is 24.4. The number of aryl methyl sites for hydroxylation is 2. The number of aromatic nitrogens is 1. The van der Waals surface area contributed by atoms with Gasteiger partial charge >= 0.3 is 5.97 Å². The van der Waals surface area contributed by atoms with E-state index in [9.17, 15) is 9.59 Å². The second kappa shape index (κ2) is 8.44. The number of fused-ring (bicyclic) bond motifs is 1. The zero-order valence-electron chi connectivity index (χ0n) is 17.5. The summed E-state index contributed by atoms with van der Waals surface area (Å²) in [7, 11) is 0. The first kappa shape index (κ1) is 20.3. The highest BCUT2D eigenvalue weighted by Gasteiger charge is 2.18. The van der Waals surface area contributed by atoms with Gasteiger partial charge in [-0.15, -0.1) is 0 Å². The second-order valence-corrected chi connectivity index (χ2v) is 7.26. The van der Waals surface area contributed by atoms with Gasteiger partial charge in [0.25, 0.3) is 0 Å². The molecule has 0 spiro atoms. The Morgan fingerprint density at radius 1 is 0.968 bits per heavy atom. The van der Waals surface area contributed by atoms with Gasteiger partial charge in [0.05, 0.1) is 11.3 Å². The minimum absolute atomic E-state index is 0.0533. The Morgan fingerprint density at radius 3 is 2.26 bits per heavy atom. The van der Waals surface area contributed by atoms with Gasteiger partial charge < -0.3 is 14.0 Å². The van der Waals surface area contributed by atoms with E-state index in [0.717, 1.165) is 22.0 Å². The predicted octanol–water partition coefficient (Wildman–Crippen LogP) is 5.45. The van der Waals surface area contributed by atoms with Crippen LogP contribution in [0.2, 0.25) is 0 Å². The number of hydrogen-bond acceptors (Lipinski definition) is 6. The summed E-state index contributed by atoms with van der Waals surface area (Å²) in [6.07, 6.45) is 0. The molecule has 0 aliphatic carbocycles. The van der Waals surface area contributed by atoms with Crippen LogP contribution in [0.3, 0.4) is 0 Å². The summed E-state index contributed by atoms with van der Waals surface area (Å²) in [6.45, 7) is 5.36. The van der Waals surface area contributed by atoms with Crippen molar-refractivity contribution in [3.8, 4) is 11.5 Å². The number of esters is 1. The van der Waals surface area contributed by atoms with E-state index < -0.39 is 5.97 Å². The van der Waals surface area contributed by atoms with Gasteiger partial charge in [0.1, 0.15) is 29.4 Å². The highest BCUT2D eigenvalue weighted by Crippen LogP contribution is 2.29. The van der Waals surface area contributed by atoms with Crippen molar-refractivity contribution < 1.29 is 23.6 Å². The Morgan fingerprint density at radius 2 is 1.65 bits per heavy atom. The van der Waals surface area contributed by atoms with Gasteiger partial charge in [-0.05, 0) is 67.9 Å². The van der Waals surface area contributed by atoms with E-state index in [0.29, 0.717) is 28.4 Å². The number of ether oxygens (including phenoxy) is 2. The molecular formula is C25H21NO5. The normalized spacial score (nSPS) is 10.8. The molecule has 0 N–H and O–H groups in total. The van der Waals surface area contributed by atoms with E-state index in [4.69, 9.17) is 14.0 Å². The van der Waals surface area contributed by atoms with Gasteiger partial charge in [-0.3, -0.25) is 4.79 Å². The smallest absolute Gasteiger partial charge is 0.347 e. The minimum Gasteiger partial charge on any atom is -0.488 e. The average Bonchev–Trinajstić information content (AvgIpc) is 3.09. The number of hydrogen-bond donors (Lipinski definition) is 0. The molecule has 4 rings (SSSR count). The van der Waals surface area contributed by atoms with Crippen LogP contribution in [0, 0.1) is 13.8 Å². The number of carbonyl (C=O) groups is 2. The fourth-order valence-electron chi connectivity index (χ4n) is 3.28. The zero-order chi connectivity index (χ0) is 22.0. The van der Waals surface area contributed by atoms with Crippen LogP contribution in [0.25, 0.3) is 10.8 Å². The molecule has 3 aromatic carbocycles. The fourth-order valence-corrected chi connectivity index (χ4v) is 3.28. The lowest BCUT2D eigenvalue weighted by Gasteiger charge is -2.13. The number of ketones is 1. The molecule has 0 unspecified atom stereocenters. The number of carbonyl (C=O) groups excluding carboxylic acids is 2. The van der Waals surface area contributed by atoms with E-state index in [1.807, 2.05) is 44.2 Å². The maximum absolute atomic E-state index is 13.0. The summed E-state index contributed by atoms with van der Waals surface area (Å²) in [5, 5.41) is 5.78. The first-order valence-corrected chi connectivity index (χ1v) is 9.83. The van der Waals surface area contributed by atoms with Crippen LogP contribution >= 0.6 is 0 Å². The van der Waals surface area contributed by atoms with Crippen LogP contribution in [0.1, 0.15) is 44.7 Å². The third-order valence-corrected chi connectivity index (χ3v) is 5.09. The summed E-state index contributed by atoms with van der Waals surface area (Å²) in [6, 6.07) is 17.7. The third-order valence-electron chi connectivity index (χ3n) is 5.09. The molecule has 0 bridgehead atoms. The summed E-state index contributed by atoms with van der Waals surface area (Å²) in [5.41, 5.74) is 2.44. The van der Waals surface area contributed by atoms with Crippen molar-refractivity contribution >= 4 is 22.5 Å². The van der Waals surface area contributed by atoms with Crippen molar-refractivity contribution in [3.05, 3.63) is 88.8 Å². The Hall–Kier alpha value is -3.93. The molecule has 1 aromatic heterocycles. The van der Waals surface area contributed by atoms with Gasteiger partial charge in [-0.25, -0.2) is 4.79 Å².